The minimum Gasteiger partial charge on any atom is -0.337 e. The Bertz CT molecular complexity index is 485. The van der Waals surface area contributed by atoms with Crippen molar-refractivity contribution < 1.29 is 9.59 Å². The first-order chi connectivity index (χ1) is 9.16. The predicted octanol–water partition coefficient (Wildman–Crippen LogP) is 1.17. The fourth-order valence-corrected chi connectivity index (χ4v) is 1.95. The van der Waals surface area contributed by atoms with Gasteiger partial charge in [-0.15, -0.1) is 0 Å². The molecule has 4 nitrogen and oxygen atoms in total. The molecule has 0 radical (unpaired) electrons. The molecule has 19 heavy (non-hydrogen) atoms. The largest absolute Gasteiger partial charge is 0.337 e. The standard InChI is InChI=1S/C15H18N2O2/c1-12-2-4-13(5-3-12)14(18)6-7-15(19)17-10-8-16-9-11-17/h2-7,16H,8-11H2,1H3/b7-6+. The van der Waals surface area contributed by atoms with Crippen molar-refractivity contribution in [3.05, 3.63) is 47.5 Å². The number of ketones is 1. The number of benzene rings is 1. The number of hydrogen-bond acceptors (Lipinski definition) is 3. The fraction of sp³-hybridized carbons (Fsp3) is 0.333. The molecule has 1 aromatic rings. The third-order valence-corrected chi connectivity index (χ3v) is 3.14. The van der Waals surface area contributed by atoms with E-state index in [-0.39, 0.29) is 11.7 Å². The summed E-state index contributed by atoms with van der Waals surface area (Å²) in [5, 5.41) is 3.18. The molecule has 4 heteroatoms. The van der Waals surface area contributed by atoms with Crippen LogP contribution in [0.15, 0.2) is 36.4 Å². The van der Waals surface area contributed by atoms with Gasteiger partial charge in [0.1, 0.15) is 0 Å². The SMILES string of the molecule is Cc1ccc(C(=O)/C=C/C(=O)N2CCNCC2)cc1. The molecule has 0 saturated carbocycles. The Morgan fingerprint density at radius 3 is 2.37 bits per heavy atom. The van der Waals surface area contributed by atoms with Gasteiger partial charge < -0.3 is 10.2 Å². The molecule has 1 aliphatic rings. The fourth-order valence-electron chi connectivity index (χ4n) is 1.95. The number of hydrogen-bond donors (Lipinski definition) is 1. The summed E-state index contributed by atoms with van der Waals surface area (Å²) in [6.07, 6.45) is 2.72. The van der Waals surface area contributed by atoms with E-state index in [2.05, 4.69) is 5.32 Å². The minimum absolute atomic E-state index is 0.0954. The number of nitrogens with one attached hydrogen (secondary N) is 1. The van der Waals surface area contributed by atoms with Crippen molar-refractivity contribution in [2.24, 2.45) is 0 Å². The molecule has 1 aliphatic heterocycles. The highest BCUT2D eigenvalue weighted by molar-refractivity contribution is 6.07. The number of amides is 1. The molecular formula is C15H18N2O2. The molecule has 1 saturated heterocycles. The predicted molar refractivity (Wildman–Crippen MR) is 74.1 cm³/mol. The van der Waals surface area contributed by atoms with Crippen LogP contribution in [0.2, 0.25) is 0 Å². The van der Waals surface area contributed by atoms with E-state index < -0.39 is 0 Å². The van der Waals surface area contributed by atoms with Crippen LogP contribution in [0.25, 0.3) is 0 Å². The smallest absolute Gasteiger partial charge is 0.246 e. The van der Waals surface area contributed by atoms with Crippen LogP contribution >= 0.6 is 0 Å². The lowest BCUT2D eigenvalue weighted by atomic mass is 10.1. The Kier molecular flexibility index (Phi) is 4.47. The van der Waals surface area contributed by atoms with E-state index in [1.807, 2.05) is 19.1 Å². The summed E-state index contributed by atoms with van der Waals surface area (Å²) in [4.78, 5) is 25.5. The number of allylic oxidation sites excluding steroid dienone is 1. The minimum atomic E-state index is -0.136. The second-order valence-electron chi connectivity index (χ2n) is 4.64. The van der Waals surface area contributed by atoms with Crippen molar-refractivity contribution in [3.63, 3.8) is 0 Å². The van der Waals surface area contributed by atoms with Crippen LogP contribution in [-0.2, 0) is 4.79 Å². The molecule has 0 spiro atoms. The van der Waals surface area contributed by atoms with Crippen LogP contribution in [0.1, 0.15) is 15.9 Å². The van der Waals surface area contributed by atoms with E-state index >= 15 is 0 Å². The number of aryl methyl sites for hydroxylation is 1. The molecule has 1 aromatic carbocycles. The van der Waals surface area contributed by atoms with Gasteiger partial charge in [-0.25, -0.2) is 0 Å². The van der Waals surface area contributed by atoms with Crippen molar-refractivity contribution >= 4 is 11.7 Å². The van der Waals surface area contributed by atoms with E-state index in [4.69, 9.17) is 0 Å². The molecule has 0 unspecified atom stereocenters. The van der Waals surface area contributed by atoms with Crippen LogP contribution in [-0.4, -0.2) is 42.8 Å². The molecule has 0 aliphatic carbocycles. The van der Waals surface area contributed by atoms with Gasteiger partial charge in [-0.05, 0) is 13.0 Å². The van der Waals surface area contributed by atoms with E-state index in [1.165, 1.54) is 12.2 Å². The third kappa shape index (κ3) is 3.76. The zero-order chi connectivity index (χ0) is 13.7. The molecule has 0 atom stereocenters. The van der Waals surface area contributed by atoms with E-state index in [0.717, 1.165) is 18.7 Å². The monoisotopic (exact) mass is 258 g/mol. The van der Waals surface area contributed by atoms with Gasteiger partial charge in [0, 0.05) is 37.8 Å². The van der Waals surface area contributed by atoms with Gasteiger partial charge in [-0.1, -0.05) is 29.8 Å². The van der Waals surface area contributed by atoms with Gasteiger partial charge in [0.2, 0.25) is 5.91 Å². The summed E-state index contributed by atoms with van der Waals surface area (Å²) in [6.45, 7) is 4.98. The van der Waals surface area contributed by atoms with Crippen LogP contribution in [0.3, 0.4) is 0 Å². The quantitative estimate of drug-likeness (QED) is 0.654. The first-order valence-electron chi connectivity index (χ1n) is 6.45. The summed E-state index contributed by atoms with van der Waals surface area (Å²) in [6, 6.07) is 7.33. The average molecular weight is 258 g/mol. The van der Waals surface area contributed by atoms with Crippen LogP contribution in [0.5, 0.6) is 0 Å². The highest BCUT2D eigenvalue weighted by atomic mass is 16.2. The average Bonchev–Trinajstić information content (AvgIpc) is 2.46. The van der Waals surface area contributed by atoms with E-state index in [0.29, 0.717) is 18.7 Å². The Morgan fingerprint density at radius 2 is 1.74 bits per heavy atom. The molecule has 1 fully saturated rings. The van der Waals surface area contributed by atoms with Crippen molar-refractivity contribution in [3.8, 4) is 0 Å². The molecular weight excluding hydrogens is 240 g/mol. The number of piperazine rings is 1. The Labute approximate surface area is 113 Å². The number of rotatable bonds is 3. The van der Waals surface area contributed by atoms with Crippen molar-refractivity contribution in [2.45, 2.75) is 6.92 Å². The highest BCUT2D eigenvalue weighted by Gasteiger charge is 2.13. The Morgan fingerprint density at radius 1 is 1.11 bits per heavy atom. The lowest BCUT2D eigenvalue weighted by Crippen LogP contribution is -2.45. The van der Waals surface area contributed by atoms with Gasteiger partial charge >= 0.3 is 0 Å². The zero-order valence-corrected chi connectivity index (χ0v) is 11.1. The van der Waals surface area contributed by atoms with Crippen LogP contribution in [0, 0.1) is 6.92 Å². The summed E-state index contributed by atoms with van der Waals surface area (Å²) in [5.41, 5.74) is 1.72. The number of carbonyl (C=O) groups is 2. The van der Waals surface area contributed by atoms with E-state index in [1.54, 1.807) is 17.0 Å². The maximum atomic E-state index is 11.9. The maximum absolute atomic E-state index is 11.9. The molecule has 1 heterocycles. The highest BCUT2D eigenvalue weighted by Crippen LogP contribution is 2.05. The first kappa shape index (κ1) is 13.5. The molecule has 2 rings (SSSR count). The van der Waals surface area contributed by atoms with Gasteiger partial charge in [0.05, 0.1) is 0 Å². The summed E-state index contributed by atoms with van der Waals surface area (Å²) in [7, 11) is 0. The Balaban J connectivity index is 1.95. The maximum Gasteiger partial charge on any atom is 0.246 e. The number of nitrogens with zero attached hydrogens (tertiary/aromatic N) is 1. The van der Waals surface area contributed by atoms with Crippen LogP contribution in [0.4, 0.5) is 0 Å². The second-order valence-corrected chi connectivity index (χ2v) is 4.64. The van der Waals surface area contributed by atoms with Gasteiger partial charge in [0.25, 0.3) is 0 Å². The van der Waals surface area contributed by atoms with Crippen LogP contribution < -0.4 is 5.32 Å². The van der Waals surface area contributed by atoms with Crippen molar-refractivity contribution in [2.75, 3.05) is 26.2 Å². The lowest BCUT2D eigenvalue weighted by Gasteiger charge is -2.26. The third-order valence-electron chi connectivity index (χ3n) is 3.14. The first-order valence-corrected chi connectivity index (χ1v) is 6.45. The molecule has 0 aromatic heterocycles. The Hall–Kier alpha value is -1.94. The normalized spacial score (nSPS) is 15.7. The second kappa shape index (κ2) is 6.29. The summed E-state index contributed by atoms with van der Waals surface area (Å²) >= 11 is 0. The summed E-state index contributed by atoms with van der Waals surface area (Å²) < 4.78 is 0. The molecule has 0 bridgehead atoms. The zero-order valence-electron chi connectivity index (χ0n) is 11.1. The molecule has 100 valence electrons. The lowest BCUT2D eigenvalue weighted by molar-refractivity contribution is -0.126. The van der Waals surface area contributed by atoms with Gasteiger partial charge in [0.15, 0.2) is 5.78 Å². The topological polar surface area (TPSA) is 49.4 Å². The number of carbonyl (C=O) groups excluding carboxylic acids is 2. The van der Waals surface area contributed by atoms with Crippen molar-refractivity contribution in [1.82, 2.24) is 10.2 Å². The van der Waals surface area contributed by atoms with Crippen molar-refractivity contribution in [1.29, 1.82) is 0 Å². The molecule has 1 N–H and O–H groups in total. The van der Waals surface area contributed by atoms with Gasteiger partial charge in [-0.2, -0.15) is 0 Å². The molecule has 1 amide bonds. The van der Waals surface area contributed by atoms with E-state index in [9.17, 15) is 9.59 Å². The van der Waals surface area contributed by atoms with Gasteiger partial charge in [-0.3, -0.25) is 9.59 Å². The summed E-state index contributed by atoms with van der Waals surface area (Å²) in [5.74, 6) is -0.231.